The van der Waals surface area contributed by atoms with Crippen molar-refractivity contribution in [3.63, 3.8) is 0 Å². The Hall–Kier alpha value is -1.14. The van der Waals surface area contributed by atoms with Crippen molar-refractivity contribution < 1.29 is 4.79 Å². The molecule has 0 bridgehead atoms. The van der Waals surface area contributed by atoms with Crippen molar-refractivity contribution in [3.8, 4) is 0 Å². The highest BCUT2D eigenvalue weighted by molar-refractivity contribution is 7.09. The maximum Gasteiger partial charge on any atom is 0.315 e. The van der Waals surface area contributed by atoms with Gasteiger partial charge in [-0.1, -0.05) is 13.3 Å². The summed E-state index contributed by atoms with van der Waals surface area (Å²) in [5.41, 5.74) is 1.13. The molecule has 2 heterocycles. The molecule has 1 aromatic heterocycles. The van der Waals surface area contributed by atoms with E-state index < -0.39 is 0 Å². The third-order valence-corrected chi connectivity index (χ3v) is 4.27. The summed E-state index contributed by atoms with van der Waals surface area (Å²) in [7, 11) is 0. The standard InChI is InChI=1S/C14H24N4OS/c1-2-6-15-14(19)16-9-13-17-12(11-20-13)10-18-7-4-3-5-8-18/h11H,2-10H2,1H3,(H2,15,16,19). The maximum absolute atomic E-state index is 11.4. The first-order valence-corrected chi connectivity index (χ1v) is 8.33. The van der Waals surface area contributed by atoms with Gasteiger partial charge in [0, 0.05) is 18.5 Å². The number of urea groups is 1. The van der Waals surface area contributed by atoms with Crippen molar-refractivity contribution in [2.75, 3.05) is 19.6 Å². The van der Waals surface area contributed by atoms with Crippen molar-refractivity contribution in [2.24, 2.45) is 0 Å². The zero-order valence-corrected chi connectivity index (χ0v) is 13.0. The summed E-state index contributed by atoms with van der Waals surface area (Å²) in [6.07, 6.45) is 4.91. The minimum atomic E-state index is -0.111. The number of hydrogen-bond donors (Lipinski definition) is 2. The highest BCUT2D eigenvalue weighted by Gasteiger charge is 2.12. The quantitative estimate of drug-likeness (QED) is 0.847. The normalized spacial score (nSPS) is 16.1. The third kappa shape index (κ3) is 5.09. The third-order valence-electron chi connectivity index (χ3n) is 3.37. The smallest absolute Gasteiger partial charge is 0.315 e. The number of thiazole rings is 1. The lowest BCUT2D eigenvalue weighted by molar-refractivity contribution is 0.219. The number of amides is 2. The Balaban J connectivity index is 1.72. The van der Waals surface area contributed by atoms with Crippen LogP contribution in [0.5, 0.6) is 0 Å². The molecule has 1 fully saturated rings. The van der Waals surface area contributed by atoms with Gasteiger partial charge in [-0.05, 0) is 32.4 Å². The van der Waals surface area contributed by atoms with E-state index in [4.69, 9.17) is 0 Å². The van der Waals surface area contributed by atoms with Crippen molar-refractivity contribution in [1.29, 1.82) is 0 Å². The second kappa shape index (κ2) is 8.21. The number of nitrogens with zero attached hydrogens (tertiary/aromatic N) is 2. The van der Waals surface area contributed by atoms with Crippen LogP contribution in [-0.2, 0) is 13.1 Å². The van der Waals surface area contributed by atoms with Crippen LogP contribution in [0.3, 0.4) is 0 Å². The largest absolute Gasteiger partial charge is 0.338 e. The molecule has 5 nitrogen and oxygen atoms in total. The monoisotopic (exact) mass is 296 g/mol. The summed E-state index contributed by atoms with van der Waals surface area (Å²) in [5, 5.41) is 8.71. The molecule has 20 heavy (non-hydrogen) atoms. The molecule has 112 valence electrons. The van der Waals surface area contributed by atoms with E-state index in [0.717, 1.165) is 23.7 Å². The number of hydrogen-bond acceptors (Lipinski definition) is 4. The van der Waals surface area contributed by atoms with Crippen molar-refractivity contribution >= 4 is 17.4 Å². The Bertz CT molecular complexity index is 415. The first kappa shape index (κ1) is 15.3. The Morgan fingerprint density at radius 3 is 2.90 bits per heavy atom. The van der Waals surface area contributed by atoms with Gasteiger partial charge in [-0.25, -0.2) is 9.78 Å². The summed E-state index contributed by atoms with van der Waals surface area (Å²) >= 11 is 1.62. The fourth-order valence-electron chi connectivity index (χ4n) is 2.31. The minimum Gasteiger partial charge on any atom is -0.338 e. The predicted molar refractivity (Wildman–Crippen MR) is 81.8 cm³/mol. The number of carbonyl (C=O) groups excluding carboxylic acids is 1. The van der Waals surface area contributed by atoms with E-state index in [2.05, 4.69) is 25.9 Å². The predicted octanol–water partition coefficient (Wildman–Crippen LogP) is 2.34. The van der Waals surface area contributed by atoms with E-state index in [1.165, 1.54) is 32.4 Å². The molecule has 0 spiro atoms. The van der Waals surface area contributed by atoms with Crippen LogP contribution in [0.15, 0.2) is 5.38 Å². The molecule has 0 saturated carbocycles. The van der Waals surface area contributed by atoms with Gasteiger partial charge in [0.05, 0.1) is 12.2 Å². The Labute approximate surface area is 124 Å². The van der Waals surface area contributed by atoms with Crippen molar-refractivity contribution in [1.82, 2.24) is 20.5 Å². The fourth-order valence-corrected chi connectivity index (χ4v) is 3.03. The average Bonchev–Trinajstić information content (AvgIpc) is 2.91. The van der Waals surface area contributed by atoms with E-state index in [1.807, 2.05) is 6.92 Å². The summed E-state index contributed by atoms with van der Waals surface area (Å²) in [5.74, 6) is 0. The molecule has 6 heteroatoms. The number of carbonyl (C=O) groups is 1. The van der Waals surface area contributed by atoms with Crippen LogP contribution in [0.25, 0.3) is 0 Å². The van der Waals surface area contributed by atoms with Gasteiger partial charge >= 0.3 is 6.03 Å². The zero-order chi connectivity index (χ0) is 14.2. The van der Waals surface area contributed by atoms with Gasteiger partial charge in [0.15, 0.2) is 0 Å². The van der Waals surface area contributed by atoms with E-state index in [-0.39, 0.29) is 6.03 Å². The number of piperidine rings is 1. The molecule has 0 aliphatic carbocycles. The first-order valence-electron chi connectivity index (χ1n) is 7.45. The van der Waals surface area contributed by atoms with Gasteiger partial charge < -0.3 is 10.6 Å². The Morgan fingerprint density at radius 1 is 1.35 bits per heavy atom. The number of likely N-dealkylation sites (tertiary alicyclic amines) is 1. The van der Waals surface area contributed by atoms with Crippen LogP contribution in [0, 0.1) is 0 Å². The summed E-state index contributed by atoms with van der Waals surface area (Å²) in [6.45, 7) is 6.58. The molecular weight excluding hydrogens is 272 g/mol. The van der Waals surface area contributed by atoms with Crippen molar-refractivity contribution in [3.05, 3.63) is 16.1 Å². The summed E-state index contributed by atoms with van der Waals surface area (Å²) in [4.78, 5) is 18.5. The van der Waals surface area contributed by atoms with Gasteiger partial charge in [0.1, 0.15) is 5.01 Å². The second-order valence-electron chi connectivity index (χ2n) is 5.18. The molecule has 0 radical (unpaired) electrons. The lowest BCUT2D eigenvalue weighted by Crippen LogP contribution is -2.35. The lowest BCUT2D eigenvalue weighted by atomic mass is 10.1. The number of nitrogens with one attached hydrogen (secondary N) is 2. The molecule has 2 N–H and O–H groups in total. The summed E-state index contributed by atoms with van der Waals surface area (Å²) < 4.78 is 0. The minimum absolute atomic E-state index is 0.111. The van der Waals surface area contributed by atoms with Crippen LogP contribution in [0.2, 0.25) is 0 Å². The van der Waals surface area contributed by atoms with Crippen LogP contribution in [0.1, 0.15) is 43.3 Å². The number of aromatic nitrogens is 1. The van der Waals surface area contributed by atoms with Crippen LogP contribution in [-0.4, -0.2) is 35.5 Å². The molecule has 2 amide bonds. The van der Waals surface area contributed by atoms with Gasteiger partial charge in [-0.15, -0.1) is 11.3 Å². The molecule has 1 aliphatic heterocycles. The lowest BCUT2D eigenvalue weighted by Gasteiger charge is -2.25. The molecule has 0 aromatic carbocycles. The SMILES string of the molecule is CCCNC(=O)NCc1nc(CN2CCCCC2)cs1. The van der Waals surface area contributed by atoms with Gasteiger partial charge in [-0.2, -0.15) is 0 Å². The van der Waals surface area contributed by atoms with E-state index in [9.17, 15) is 4.79 Å². The molecule has 1 aromatic rings. The highest BCUT2D eigenvalue weighted by Crippen LogP contribution is 2.15. The molecule has 1 aliphatic rings. The van der Waals surface area contributed by atoms with E-state index >= 15 is 0 Å². The molecular formula is C14H24N4OS. The van der Waals surface area contributed by atoms with E-state index in [1.54, 1.807) is 11.3 Å². The second-order valence-corrected chi connectivity index (χ2v) is 6.12. The Morgan fingerprint density at radius 2 is 2.15 bits per heavy atom. The van der Waals surface area contributed by atoms with Crippen LogP contribution >= 0.6 is 11.3 Å². The van der Waals surface area contributed by atoms with Crippen molar-refractivity contribution in [2.45, 2.75) is 45.7 Å². The first-order chi connectivity index (χ1) is 9.78. The maximum atomic E-state index is 11.4. The van der Waals surface area contributed by atoms with E-state index in [0.29, 0.717) is 13.1 Å². The number of rotatable bonds is 6. The molecule has 1 saturated heterocycles. The van der Waals surface area contributed by atoms with Gasteiger partial charge in [0.25, 0.3) is 0 Å². The molecule has 0 atom stereocenters. The topological polar surface area (TPSA) is 57.3 Å². The molecule has 0 unspecified atom stereocenters. The summed E-state index contributed by atoms with van der Waals surface area (Å²) in [6, 6.07) is -0.111. The van der Waals surface area contributed by atoms with Crippen LogP contribution < -0.4 is 10.6 Å². The molecule has 2 rings (SSSR count). The zero-order valence-electron chi connectivity index (χ0n) is 12.2. The highest BCUT2D eigenvalue weighted by atomic mass is 32.1. The van der Waals surface area contributed by atoms with Gasteiger partial charge in [0.2, 0.25) is 0 Å². The van der Waals surface area contributed by atoms with Gasteiger partial charge in [-0.3, -0.25) is 4.90 Å². The average molecular weight is 296 g/mol. The fraction of sp³-hybridized carbons (Fsp3) is 0.714. The Kier molecular flexibility index (Phi) is 6.26. The van der Waals surface area contributed by atoms with Crippen LogP contribution in [0.4, 0.5) is 4.79 Å².